The second-order valence-corrected chi connectivity index (χ2v) is 5.88. The van der Waals surface area contributed by atoms with Crippen LogP contribution in [0, 0.1) is 5.82 Å². The molecule has 2 heterocycles. The average molecular weight is 290 g/mol. The van der Waals surface area contributed by atoms with Gasteiger partial charge >= 0.3 is 0 Å². The van der Waals surface area contributed by atoms with Gasteiger partial charge in [-0.1, -0.05) is 5.21 Å². The van der Waals surface area contributed by atoms with Crippen LogP contribution in [-0.4, -0.2) is 22.0 Å². The Morgan fingerprint density at radius 2 is 2.25 bits per heavy atom. The second-order valence-electron chi connectivity index (χ2n) is 4.76. The van der Waals surface area contributed by atoms with Gasteiger partial charge in [-0.2, -0.15) is 0 Å². The lowest BCUT2D eigenvalue weighted by Crippen LogP contribution is -2.17. The van der Waals surface area contributed by atoms with Crippen LogP contribution in [0.15, 0.2) is 30.5 Å². The van der Waals surface area contributed by atoms with Crippen LogP contribution in [-0.2, 0) is 13.5 Å². The molecule has 0 bridgehead atoms. The number of likely N-dealkylation sites (N-methyl/N-ethyl adjacent to an activating group) is 1. The van der Waals surface area contributed by atoms with Gasteiger partial charge in [0.05, 0.1) is 5.69 Å². The monoisotopic (exact) mass is 290 g/mol. The molecule has 4 nitrogen and oxygen atoms in total. The molecule has 3 rings (SSSR count). The maximum absolute atomic E-state index is 13.2. The highest BCUT2D eigenvalue weighted by molar-refractivity contribution is 7.19. The van der Waals surface area contributed by atoms with Crippen molar-refractivity contribution in [1.82, 2.24) is 20.3 Å². The van der Waals surface area contributed by atoms with E-state index in [-0.39, 0.29) is 11.9 Å². The minimum absolute atomic E-state index is 0.159. The highest BCUT2D eigenvalue weighted by Gasteiger charge is 2.15. The van der Waals surface area contributed by atoms with Crippen molar-refractivity contribution in [2.24, 2.45) is 7.05 Å². The summed E-state index contributed by atoms with van der Waals surface area (Å²) in [5.74, 6) is -0.197. The molecule has 3 aromatic rings. The van der Waals surface area contributed by atoms with Crippen LogP contribution < -0.4 is 5.32 Å². The zero-order valence-corrected chi connectivity index (χ0v) is 12.1. The fourth-order valence-electron chi connectivity index (χ4n) is 2.25. The largest absolute Gasteiger partial charge is 0.312 e. The molecule has 2 aromatic heterocycles. The first-order valence-electron chi connectivity index (χ1n) is 6.37. The number of aromatic nitrogens is 3. The predicted molar refractivity (Wildman–Crippen MR) is 78.3 cm³/mol. The molecule has 1 aromatic carbocycles. The highest BCUT2D eigenvalue weighted by Crippen LogP contribution is 2.31. The standard InChI is InChI=1S/C14H15FN4S/c1-16-12(7-11-8-19(2)18-17-11)14-6-9-5-10(15)3-4-13(9)20-14/h3-6,8,12,16H,7H2,1-2H3. The minimum Gasteiger partial charge on any atom is -0.312 e. The first-order valence-corrected chi connectivity index (χ1v) is 7.19. The number of hydrogen-bond donors (Lipinski definition) is 1. The fraction of sp³-hybridized carbons (Fsp3) is 0.286. The van der Waals surface area contributed by atoms with E-state index in [4.69, 9.17) is 0 Å². The maximum Gasteiger partial charge on any atom is 0.123 e. The van der Waals surface area contributed by atoms with Gasteiger partial charge in [-0.25, -0.2) is 4.39 Å². The molecule has 104 valence electrons. The van der Waals surface area contributed by atoms with Gasteiger partial charge in [-0.3, -0.25) is 4.68 Å². The minimum atomic E-state index is -0.197. The number of fused-ring (bicyclic) bond motifs is 1. The summed E-state index contributed by atoms with van der Waals surface area (Å²) in [5, 5.41) is 12.3. The van der Waals surface area contributed by atoms with Crippen molar-refractivity contribution in [3.8, 4) is 0 Å². The Morgan fingerprint density at radius 1 is 1.40 bits per heavy atom. The number of thiophene rings is 1. The van der Waals surface area contributed by atoms with E-state index < -0.39 is 0 Å². The van der Waals surface area contributed by atoms with Crippen molar-refractivity contribution in [3.05, 3.63) is 46.9 Å². The van der Waals surface area contributed by atoms with E-state index in [1.807, 2.05) is 32.4 Å². The molecule has 1 atom stereocenters. The number of halogens is 1. The Kier molecular flexibility index (Phi) is 3.50. The number of benzene rings is 1. The number of nitrogens with zero attached hydrogens (tertiary/aromatic N) is 3. The van der Waals surface area contributed by atoms with Crippen LogP contribution in [0.4, 0.5) is 4.39 Å². The van der Waals surface area contributed by atoms with Gasteiger partial charge in [-0.15, -0.1) is 16.4 Å². The SMILES string of the molecule is CNC(Cc1cn(C)nn1)c1cc2cc(F)ccc2s1. The van der Waals surface area contributed by atoms with E-state index in [1.165, 1.54) is 10.9 Å². The highest BCUT2D eigenvalue weighted by atomic mass is 32.1. The molecule has 6 heteroatoms. The van der Waals surface area contributed by atoms with E-state index in [9.17, 15) is 4.39 Å². The van der Waals surface area contributed by atoms with Crippen molar-refractivity contribution in [2.75, 3.05) is 7.05 Å². The summed E-state index contributed by atoms with van der Waals surface area (Å²) in [6.07, 6.45) is 2.68. The summed E-state index contributed by atoms with van der Waals surface area (Å²) in [5.41, 5.74) is 0.940. The Bertz CT molecular complexity index is 734. The molecule has 0 aliphatic carbocycles. The Morgan fingerprint density at radius 3 is 2.95 bits per heavy atom. The molecule has 20 heavy (non-hydrogen) atoms. The maximum atomic E-state index is 13.2. The van der Waals surface area contributed by atoms with Gasteiger partial charge in [0.1, 0.15) is 5.82 Å². The van der Waals surface area contributed by atoms with Crippen LogP contribution >= 0.6 is 11.3 Å². The molecule has 1 N–H and O–H groups in total. The zero-order valence-electron chi connectivity index (χ0n) is 11.3. The van der Waals surface area contributed by atoms with Crippen molar-refractivity contribution in [3.63, 3.8) is 0 Å². The van der Waals surface area contributed by atoms with Crippen LogP contribution in [0.5, 0.6) is 0 Å². The normalized spacial score (nSPS) is 12.9. The van der Waals surface area contributed by atoms with Gasteiger partial charge in [0.2, 0.25) is 0 Å². The van der Waals surface area contributed by atoms with Gasteiger partial charge in [0.15, 0.2) is 0 Å². The Labute approximate surface area is 120 Å². The summed E-state index contributed by atoms with van der Waals surface area (Å²) < 4.78 is 16.0. The topological polar surface area (TPSA) is 42.7 Å². The predicted octanol–water partition coefficient (Wildman–Crippen LogP) is 2.67. The molecule has 0 saturated carbocycles. The third-order valence-electron chi connectivity index (χ3n) is 3.25. The average Bonchev–Trinajstić information content (AvgIpc) is 3.01. The van der Waals surface area contributed by atoms with Crippen LogP contribution in [0.25, 0.3) is 10.1 Å². The third-order valence-corrected chi connectivity index (χ3v) is 4.48. The zero-order chi connectivity index (χ0) is 14.1. The van der Waals surface area contributed by atoms with Crippen molar-refractivity contribution < 1.29 is 4.39 Å². The van der Waals surface area contributed by atoms with Gasteiger partial charge in [0, 0.05) is 35.3 Å². The molecule has 0 aliphatic heterocycles. The summed E-state index contributed by atoms with van der Waals surface area (Å²) in [7, 11) is 3.78. The first kappa shape index (κ1) is 13.2. The lowest BCUT2D eigenvalue weighted by molar-refractivity contribution is 0.593. The number of nitrogens with one attached hydrogen (secondary N) is 1. The van der Waals surface area contributed by atoms with Gasteiger partial charge in [-0.05, 0) is 36.7 Å². The van der Waals surface area contributed by atoms with Crippen molar-refractivity contribution >= 4 is 21.4 Å². The van der Waals surface area contributed by atoms with E-state index in [0.29, 0.717) is 0 Å². The first-order chi connectivity index (χ1) is 9.65. The summed E-state index contributed by atoms with van der Waals surface area (Å²) in [6.45, 7) is 0. The molecule has 0 aliphatic rings. The molecule has 0 fully saturated rings. The number of rotatable bonds is 4. The molecular formula is C14H15FN4S. The summed E-state index contributed by atoms with van der Waals surface area (Å²) >= 11 is 1.68. The molecule has 0 radical (unpaired) electrons. The molecule has 1 unspecified atom stereocenters. The van der Waals surface area contributed by atoms with Gasteiger partial charge < -0.3 is 5.32 Å². The second kappa shape index (κ2) is 5.30. The van der Waals surface area contributed by atoms with E-state index in [0.717, 1.165) is 22.2 Å². The molecule has 0 spiro atoms. The lowest BCUT2D eigenvalue weighted by atomic mass is 10.1. The van der Waals surface area contributed by atoms with Crippen LogP contribution in [0.1, 0.15) is 16.6 Å². The lowest BCUT2D eigenvalue weighted by Gasteiger charge is -2.12. The van der Waals surface area contributed by atoms with E-state index in [2.05, 4.69) is 15.6 Å². The third kappa shape index (κ3) is 2.57. The molecular weight excluding hydrogens is 275 g/mol. The Balaban J connectivity index is 1.90. The smallest absolute Gasteiger partial charge is 0.123 e. The fourth-order valence-corrected chi connectivity index (χ4v) is 3.40. The number of hydrogen-bond acceptors (Lipinski definition) is 4. The quantitative estimate of drug-likeness (QED) is 0.803. The van der Waals surface area contributed by atoms with E-state index >= 15 is 0 Å². The molecule has 0 saturated heterocycles. The van der Waals surface area contributed by atoms with Crippen LogP contribution in [0.2, 0.25) is 0 Å². The van der Waals surface area contributed by atoms with Crippen molar-refractivity contribution in [1.29, 1.82) is 0 Å². The molecule has 0 amide bonds. The Hall–Kier alpha value is -1.79. The van der Waals surface area contributed by atoms with Gasteiger partial charge in [0.25, 0.3) is 0 Å². The number of aryl methyl sites for hydroxylation is 1. The van der Waals surface area contributed by atoms with E-state index in [1.54, 1.807) is 22.1 Å². The van der Waals surface area contributed by atoms with Crippen molar-refractivity contribution in [2.45, 2.75) is 12.5 Å². The van der Waals surface area contributed by atoms with Crippen LogP contribution in [0.3, 0.4) is 0 Å². The summed E-state index contributed by atoms with van der Waals surface area (Å²) in [6, 6.07) is 7.10. The summed E-state index contributed by atoms with van der Waals surface area (Å²) in [4.78, 5) is 1.18.